The number of nitrogens with two attached hydrogens (primary N) is 1. The highest BCUT2D eigenvalue weighted by Gasteiger charge is 2.21. The van der Waals surface area contributed by atoms with Crippen molar-refractivity contribution in [2.45, 2.75) is 24.0 Å². The molecule has 0 aliphatic rings. The van der Waals surface area contributed by atoms with Gasteiger partial charge in [0.1, 0.15) is 25.5 Å². The Balaban J connectivity index is 0.000000440. The summed E-state index contributed by atoms with van der Waals surface area (Å²) >= 11 is 2.86. The molecular formula is C36H29N3O4S3. The van der Waals surface area contributed by atoms with E-state index >= 15 is 0 Å². The number of unbranched alkanes of at least 4 members (excludes halogenated alkanes) is 1. The zero-order chi connectivity index (χ0) is 33.7. The van der Waals surface area contributed by atoms with Crippen LogP contribution in [0.2, 0.25) is 0 Å². The summed E-state index contributed by atoms with van der Waals surface area (Å²) in [5, 5.41) is 12.3. The van der Waals surface area contributed by atoms with E-state index in [9.17, 15) is 9.00 Å². The van der Waals surface area contributed by atoms with Crippen molar-refractivity contribution in [2.75, 3.05) is 18.1 Å². The number of anilines is 1. The van der Waals surface area contributed by atoms with Crippen molar-refractivity contribution in [3.8, 4) is 27.6 Å². The topological polar surface area (TPSA) is 115 Å². The molecule has 4 aromatic rings. The largest absolute Gasteiger partial charge is 0.482 e. The molecule has 0 amide bonds. The van der Waals surface area contributed by atoms with E-state index in [1.807, 2.05) is 23.6 Å². The van der Waals surface area contributed by atoms with Crippen molar-refractivity contribution >= 4 is 55.3 Å². The molecular weight excluding hydrogens is 635 g/mol. The van der Waals surface area contributed by atoms with Gasteiger partial charge in [0.05, 0.1) is 16.5 Å². The van der Waals surface area contributed by atoms with Crippen molar-refractivity contribution < 1.29 is 18.8 Å². The Morgan fingerprint density at radius 1 is 1.00 bits per heavy atom. The molecule has 0 radical (unpaired) electrons. The molecule has 0 aliphatic heterocycles. The number of aliphatic carboxylic acids is 1. The van der Waals surface area contributed by atoms with Crippen LogP contribution in [0.4, 0.5) is 5.69 Å². The first-order valence-corrected chi connectivity index (χ1v) is 16.4. The van der Waals surface area contributed by atoms with Crippen molar-refractivity contribution in [1.82, 2.24) is 9.97 Å². The number of carbonyl (C=O) groups is 1. The lowest BCUT2D eigenvalue weighted by Crippen LogP contribution is -2.09. The highest BCUT2D eigenvalue weighted by Crippen LogP contribution is 2.43. The molecule has 10 heteroatoms. The molecule has 46 heavy (non-hydrogen) atoms. The summed E-state index contributed by atoms with van der Waals surface area (Å²) in [6, 6.07) is 9.08. The average molecular weight is 664 g/mol. The third-order valence-electron chi connectivity index (χ3n) is 5.34. The normalized spacial score (nSPS) is 9.50. The Kier molecular flexibility index (Phi) is 16.3. The number of thiophene rings is 1. The molecule has 0 bridgehead atoms. The van der Waals surface area contributed by atoms with E-state index in [1.54, 1.807) is 18.3 Å². The minimum Gasteiger partial charge on any atom is -0.482 e. The van der Waals surface area contributed by atoms with Gasteiger partial charge in [0.15, 0.2) is 6.61 Å². The molecule has 1 unspecified atom stereocenters. The smallest absolute Gasteiger partial charge is 0.341 e. The van der Waals surface area contributed by atoms with Crippen LogP contribution in [0.1, 0.15) is 19.8 Å². The van der Waals surface area contributed by atoms with E-state index < -0.39 is 23.4 Å². The van der Waals surface area contributed by atoms with Crippen LogP contribution in [-0.4, -0.2) is 37.6 Å². The molecule has 230 valence electrons. The molecule has 0 saturated carbocycles. The Labute approximate surface area is 278 Å². The van der Waals surface area contributed by atoms with Gasteiger partial charge in [0.2, 0.25) is 0 Å². The first-order valence-electron chi connectivity index (χ1n) is 13.4. The number of carboxylic acid groups (broad SMARTS) is 1. The molecule has 1 aromatic carbocycles. The number of rotatable bonds is 9. The van der Waals surface area contributed by atoms with Crippen LogP contribution in [0.25, 0.3) is 32.0 Å². The highest BCUT2D eigenvalue weighted by molar-refractivity contribution is 7.87. The molecule has 0 aliphatic carbocycles. The van der Waals surface area contributed by atoms with E-state index in [2.05, 4.69) is 95.5 Å². The van der Waals surface area contributed by atoms with E-state index in [1.165, 1.54) is 22.7 Å². The van der Waals surface area contributed by atoms with Crippen LogP contribution in [0.5, 0.6) is 5.75 Å². The summed E-state index contributed by atoms with van der Waals surface area (Å²) in [5.41, 5.74) is 33.5. The van der Waals surface area contributed by atoms with Gasteiger partial charge in [0, 0.05) is 22.7 Å². The summed E-state index contributed by atoms with van der Waals surface area (Å²) in [6.07, 6.45) is 3.56. The first kappa shape index (κ1) is 36.7. The molecule has 1 atom stereocenters. The van der Waals surface area contributed by atoms with Crippen molar-refractivity contribution in [2.24, 2.45) is 0 Å². The first-order chi connectivity index (χ1) is 22.3. The maximum Gasteiger partial charge on any atom is 0.341 e. The van der Waals surface area contributed by atoms with Gasteiger partial charge >= 0.3 is 5.97 Å². The lowest BCUT2D eigenvalue weighted by Gasteiger charge is -2.09. The summed E-state index contributed by atoms with van der Waals surface area (Å²) < 4.78 is 18.8. The second-order valence-corrected chi connectivity index (χ2v) is 12.1. The molecule has 3 heterocycles. The van der Waals surface area contributed by atoms with E-state index in [-0.39, 0.29) is 0 Å². The monoisotopic (exact) mass is 663 g/mol. The summed E-state index contributed by atoms with van der Waals surface area (Å²) in [5.74, 6) is -0.00782. The minimum atomic E-state index is -1.18. The SMILES string of the molecule is C=C=C=C=C=C=C.C=C=C=C=C=C=C.CCCCS(=O)c1sc2nc(-c3nccs3)cc(-c3ccc(OCC(=O)O)cc3)c2c1N. The molecule has 3 aromatic heterocycles. The van der Waals surface area contributed by atoms with Gasteiger partial charge in [-0.15, -0.1) is 22.7 Å². The predicted octanol–water partition coefficient (Wildman–Crippen LogP) is 8.20. The predicted molar refractivity (Wildman–Crippen MR) is 188 cm³/mol. The minimum absolute atomic E-state index is 0.405. The fraction of sp³-hybridized carbons (Fsp3) is 0.139. The van der Waals surface area contributed by atoms with Crippen LogP contribution in [0.15, 0.2) is 130 Å². The number of thiazole rings is 1. The van der Waals surface area contributed by atoms with Gasteiger partial charge in [0.25, 0.3) is 0 Å². The van der Waals surface area contributed by atoms with Gasteiger partial charge < -0.3 is 15.6 Å². The Morgan fingerprint density at radius 3 is 2.11 bits per heavy atom. The standard InChI is InChI=1S/C22H21N3O4S3.2C7H4/c1-2-3-10-32(28)22-19(23)18-15(13-4-6-14(7-5-13)29-12-17(26)27)11-16(25-21(18)31-22)20-24-8-9-30-20;2*1-3-5-7-6-4-2/h4-9,11H,2-3,10,12,23H2,1H3,(H,26,27);2*1-2H2. The summed E-state index contributed by atoms with van der Waals surface area (Å²) in [4.78, 5) is 20.6. The number of hydrogen-bond acceptors (Lipinski definition) is 8. The number of pyridine rings is 1. The average Bonchev–Trinajstić information content (AvgIpc) is 3.72. The van der Waals surface area contributed by atoms with Crippen LogP contribution < -0.4 is 10.5 Å². The number of nitrogens with zero attached hydrogens (tertiary/aromatic N) is 2. The second kappa shape index (κ2) is 20.4. The quantitative estimate of drug-likeness (QED) is 0.174. The number of benzene rings is 1. The maximum absolute atomic E-state index is 12.9. The van der Waals surface area contributed by atoms with Crippen LogP contribution in [-0.2, 0) is 15.6 Å². The molecule has 0 spiro atoms. The third kappa shape index (κ3) is 11.5. The highest BCUT2D eigenvalue weighted by atomic mass is 32.2. The van der Waals surface area contributed by atoms with Crippen LogP contribution in [0, 0.1) is 0 Å². The molecule has 4 rings (SSSR count). The Bertz CT molecular complexity index is 1970. The number of aromatic nitrogens is 2. The van der Waals surface area contributed by atoms with Gasteiger partial charge in [-0.05, 0) is 96.4 Å². The fourth-order valence-corrected chi connectivity index (χ4v) is 6.83. The zero-order valence-electron chi connectivity index (χ0n) is 25.1. The number of hydrogen-bond donors (Lipinski definition) is 2. The van der Waals surface area contributed by atoms with Crippen LogP contribution >= 0.6 is 22.7 Å². The van der Waals surface area contributed by atoms with Crippen molar-refractivity contribution in [1.29, 1.82) is 0 Å². The van der Waals surface area contributed by atoms with E-state index in [0.29, 0.717) is 21.4 Å². The van der Waals surface area contributed by atoms with E-state index in [0.717, 1.165) is 44.9 Å². The lowest BCUT2D eigenvalue weighted by molar-refractivity contribution is -0.139. The van der Waals surface area contributed by atoms with E-state index in [4.69, 9.17) is 20.6 Å². The lowest BCUT2D eigenvalue weighted by atomic mass is 10.0. The molecule has 0 saturated heterocycles. The summed E-state index contributed by atoms with van der Waals surface area (Å²) in [6.45, 7) is 14.6. The van der Waals surface area contributed by atoms with Crippen molar-refractivity contribution in [3.63, 3.8) is 0 Å². The van der Waals surface area contributed by atoms with Gasteiger partial charge in [-0.25, -0.2) is 14.8 Å². The Morgan fingerprint density at radius 2 is 1.61 bits per heavy atom. The summed E-state index contributed by atoms with van der Waals surface area (Å²) in [7, 11) is -1.18. The maximum atomic E-state index is 12.9. The van der Waals surface area contributed by atoms with Gasteiger partial charge in [-0.2, -0.15) is 0 Å². The van der Waals surface area contributed by atoms with Gasteiger partial charge in [-0.1, -0.05) is 48.4 Å². The van der Waals surface area contributed by atoms with Gasteiger partial charge in [-0.3, -0.25) is 4.21 Å². The fourth-order valence-electron chi connectivity index (χ4n) is 3.44. The molecule has 3 N–H and O–H groups in total. The third-order valence-corrected chi connectivity index (χ3v) is 9.13. The molecule has 0 fully saturated rings. The zero-order valence-corrected chi connectivity index (χ0v) is 27.5. The number of carboxylic acids is 1. The molecule has 7 nitrogen and oxygen atoms in total. The second-order valence-electron chi connectivity index (χ2n) is 8.44. The number of nitrogen functional groups attached to an aromatic ring is 1. The number of fused-ring (bicyclic) bond motifs is 1. The number of ether oxygens (including phenoxy) is 1. The van der Waals surface area contributed by atoms with Crippen molar-refractivity contribution in [3.05, 3.63) is 126 Å². The Hall–Kier alpha value is -5.54. The van der Waals surface area contributed by atoms with Crippen LogP contribution in [0.3, 0.4) is 0 Å².